The lowest BCUT2D eigenvalue weighted by atomic mass is 10.1. The molecular weight excluding hydrogens is 358 g/mol. The number of carbonyl (C=O) groups excluding carboxylic acids is 1. The molecule has 2 aromatic rings. The topological polar surface area (TPSA) is 69.2 Å². The summed E-state index contributed by atoms with van der Waals surface area (Å²) in [4.78, 5) is 12.0. The zero-order chi connectivity index (χ0) is 19.6. The van der Waals surface area contributed by atoms with E-state index >= 15 is 0 Å². The molecule has 144 valence electrons. The summed E-state index contributed by atoms with van der Waals surface area (Å²) in [5.41, 5.74) is 3.69. The number of hydrogen-bond acceptors (Lipinski definition) is 5. The van der Waals surface area contributed by atoms with E-state index in [1.165, 1.54) is 19.2 Å². The molecule has 0 saturated carbocycles. The zero-order valence-electron chi connectivity index (χ0n) is 14.9. The number of rotatable bonds is 9. The van der Waals surface area contributed by atoms with Gasteiger partial charge in [-0.3, -0.25) is 4.79 Å². The number of benzene rings is 2. The van der Waals surface area contributed by atoms with Gasteiger partial charge in [0, 0.05) is 0 Å². The summed E-state index contributed by atoms with van der Waals surface area (Å²) in [6.45, 7) is -1.25. The molecule has 0 bridgehead atoms. The van der Waals surface area contributed by atoms with Crippen molar-refractivity contribution in [1.29, 1.82) is 0 Å². The Kier molecular flexibility index (Phi) is 7.54. The predicted octanol–water partition coefficient (Wildman–Crippen LogP) is 3.61. The first-order valence-electron chi connectivity index (χ1n) is 8.20. The highest BCUT2D eigenvalue weighted by Gasteiger charge is 2.09. The van der Waals surface area contributed by atoms with Crippen LogP contribution in [0.4, 0.5) is 8.78 Å². The Labute approximate surface area is 155 Å². The second kappa shape index (κ2) is 10.1. The Balaban J connectivity index is 1.94. The second-order valence-corrected chi connectivity index (χ2v) is 5.29. The van der Waals surface area contributed by atoms with Gasteiger partial charge in [-0.05, 0) is 48.4 Å². The summed E-state index contributed by atoms with van der Waals surface area (Å²) in [5, 5.41) is 4.07. The highest BCUT2D eigenvalue weighted by atomic mass is 19.3. The van der Waals surface area contributed by atoms with Crippen molar-refractivity contribution >= 4 is 11.6 Å². The normalized spacial score (nSPS) is 11.2. The van der Waals surface area contributed by atoms with Crippen LogP contribution in [-0.4, -0.2) is 31.9 Å². The molecule has 2 aromatic carbocycles. The molecule has 1 amide bonds. The minimum Gasteiger partial charge on any atom is -0.493 e. The van der Waals surface area contributed by atoms with Gasteiger partial charge in [0.2, 0.25) is 0 Å². The third-order valence-corrected chi connectivity index (χ3v) is 3.49. The summed E-state index contributed by atoms with van der Waals surface area (Å²) in [7, 11) is 1.51. The van der Waals surface area contributed by atoms with Gasteiger partial charge in [0.05, 0.1) is 12.8 Å². The Morgan fingerprint density at radius 3 is 2.37 bits per heavy atom. The number of ether oxygens (including phenoxy) is 3. The molecule has 0 aliphatic rings. The predicted molar refractivity (Wildman–Crippen MR) is 96.5 cm³/mol. The fourth-order valence-corrected chi connectivity index (χ4v) is 2.22. The lowest BCUT2D eigenvalue weighted by Gasteiger charge is -2.10. The summed E-state index contributed by atoms with van der Waals surface area (Å²) in [5.74, 6) is 0.585. The molecule has 8 heteroatoms. The van der Waals surface area contributed by atoms with Crippen molar-refractivity contribution in [3.63, 3.8) is 0 Å². The van der Waals surface area contributed by atoms with E-state index < -0.39 is 12.5 Å². The molecule has 0 spiro atoms. The van der Waals surface area contributed by atoms with E-state index in [0.29, 0.717) is 29.2 Å². The summed E-state index contributed by atoms with van der Waals surface area (Å²) in [6.07, 6.45) is 0.530. The quantitative estimate of drug-likeness (QED) is 0.535. The maximum Gasteiger partial charge on any atom is 0.387 e. The number of halogens is 2. The van der Waals surface area contributed by atoms with Gasteiger partial charge in [-0.1, -0.05) is 19.1 Å². The van der Waals surface area contributed by atoms with E-state index in [1.54, 1.807) is 36.4 Å². The Bertz CT molecular complexity index is 780. The third-order valence-electron chi connectivity index (χ3n) is 3.49. The maximum atomic E-state index is 12.2. The van der Waals surface area contributed by atoms with Crippen LogP contribution in [0.1, 0.15) is 18.9 Å². The largest absolute Gasteiger partial charge is 0.493 e. The van der Waals surface area contributed by atoms with E-state index in [0.717, 1.165) is 0 Å². The van der Waals surface area contributed by atoms with Gasteiger partial charge >= 0.3 is 6.61 Å². The molecule has 0 atom stereocenters. The number of para-hydroxylation sites is 2. The number of nitrogens with zero attached hydrogens (tertiary/aromatic N) is 1. The fourth-order valence-electron chi connectivity index (χ4n) is 2.22. The van der Waals surface area contributed by atoms with Crippen LogP contribution in [0.25, 0.3) is 0 Å². The lowest BCUT2D eigenvalue weighted by Crippen LogP contribution is -2.26. The maximum absolute atomic E-state index is 12.2. The van der Waals surface area contributed by atoms with E-state index in [9.17, 15) is 13.6 Å². The second-order valence-electron chi connectivity index (χ2n) is 5.29. The average Bonchev–Trinajstić information content (AvgIpc) is 2.67. The lowest BCUT2D eigenvalue weighted by molar-refractivity contribution is -0.123. The fraction of sp³-hybridized carbons (Fsp3) is 0.263. The molecule has 0 unspecified atom stereocenters. The molecule has 0 aliphatic heterocycles. The number of carbonyl (C=O) groups is 1. The average molecular weight is 378 g/mol. The van der Waals surface area contributed by atoms with Crippen LogP contribution in [0.5, 0.6) is 17.2 Å². The Morgan fingerprint density at radius 1 is 1.11 bits per heavy atom. The van der Waals surface area contributed by atoms with Crippen molar-refractivity contribution in [2.75, 3.05) is 13.7 Å². The van der Waals surface area contributed by atoms with Crippen LogP contribution in [0.3, 0.4) is 0 Å². The van der Waals surface area contributed by atoms with Crippen LogP contribution in [0.2, 0.25) is 0 Å². The van der Waals surface area contributed by atoms with Gasteiger partial charge in [0.25, 0.3) is 5.91 Å². The first-order chi connectivity index (χ1) is 13.0. The van der Waals surface area contributed by atoms with Crippen LogP contribution < -0.4 is 19.6 Å². The molecule has 0 heterocycles. The number of methoxy groups -OCH3 is 1. The standard InChI is InChI=1S/C19H20F2N2O4/c1-3-15(13-8-10-14(11-9-13)27-19(20)21)22-23-18(24)12-26-17-7-5-4-6-16(17)25-2/h4-11,19H,3,12H2,1-2H3,(H,23,24). The molecule has 27 heavy (non-hydrogen) atoms. The van der Waals surface area contributed by atoms with Gasteiger partial charge in [0.15, 0.2) is 18.1 Å². The Hall–Kier alpha value is -3.16. The molecule has 0 aromatic heterocycles. The van der Waals surface area contributed by atoms with Crippen molar-refractivity contribution < 1.29 is 27.8 Å². The number of hydrogen-bond donors (Lipinski definition) is 1. The van der Waals surface area contributed by atoms with Gasteiger partial charge < -0.3 is 14.2 Å². The van der Waals surface area contributed by atoms with E-state index in [2.05, 4.69) is 15.3 Å². The van der Waals surface area contributed by atoms with Crippen molar-refractivity contribution in [2.24, 2.45) is 5.10 Å². The summed E-state index contributed by atoms with van der Waals surface area (Å²) in [6, 6.07) is 13.0. The SMILES string of the molecule is CCC(=NNC(=O)COc1ccccc1OC)c1ccc(OC(F)F)cc1. The molecule has 0 saturated heterocycles. The number of alkyl halides is 2. The minimum absolute atomic E-state index is 0.0541. The first-order valence-corrected chi connectivity index (χ1v) is 8.20. The van der Waals surface area contributed by atoms with Crippen LogP contribution in [0, 0.1) is 0 Å². The molecule has 1 N–H and O–H groups in total. The summed E-state index contributed by atoms with van der Waals surface area (Å²) >= 11 is 0. The van der Waals surface area contributed by atoms with Crippen molar-refractivity contribution in [2.45, 2.75) is 20.0 Å². The highest BCUT2D eigenvalue weighted by Crippen LogP contribution is 2.25. The molecule has 0 fully saturated rings. The molecule has 2 rings (SSSR count). The zero-order valence-corrected chi connectivity index (χ0v) is 14.9. The van der Waals surface area contributed by atoms with Crippen molar-refractivity contribution in [3.05, 3.63) is 54.1 Å². The van der Waals surface area contributed by atoms with Gasteiger partial charge in [-0.25, -0.2) is 5.43 Å². The van der Waals surface area contributed by atoms with E-state index in [1.807, 2.05) is 6.92 Å². The first kappa shape index (κ1) is 20.2. The van der Waals surface area contributed by atoms with Crippen molar-refractivity contribution in [3.8, 4) is 17.2 Å². The summed E-state index contributed by atoms with van der Waals surface area (Å²) < 4.78 is 39.2. The highest BCUT2D eigenvalue weighted by molar-refractivity contribution is 6.01. The Morgan fingerprint density at radius 2 is 1.78 bits per heavy atom. The van der Waals surface area contributed by atoms with Gasteiger partial charge in [0.1, 0.15) is 5.75 Å². The molecule has 0 aliphatic carbocycles. The number of hydrazone groups is 1. The van der Waals surface area contributed by atoms with E-state index in [-0.39, 0.29) is 12.4 Å². The van der Waals surface area contributed by atoms with Crippen LogP contribution in [0.15, 0.2) is 53.6 Å². The van der Waals surface area contributed by atoms with Crippen molar-refractivity contribution in [1.82, 2.24) is 5.43 Å². The monoisotopic (exact) mass is 378 g/mol. The number of amides is 1. The van der Waals surface area contributed by atoms with Gasteiger partial charge in [-0.2, -0.15) is 13.9 Å². The minimum atomic E-state index is -2.88. The third kappa shape index (κ3) is 6.25. The van der Waals surface area contributed by atoms with E-state index in [4.69, 9.17) is 9.47 Å². The van der Waals surface area contributed by atoms with Gasteiger partial charge in [-0.15, -0.1) is 0 Å². The van der Waals surface area contributed by atoms with Crippen LogP contribution in [-0.2, 0) is 4.79 Å². The number of nitrogens with one attached hydrogen (secondary N) is 1. The molecular formula is C19H20F2N2O4. The molecule has 0 radical (unpaired) electrons. The molecule has 6 nitrogen and oxygen atoms in total. The van der Waals surface area contributed by atoms with Crippen LogP contribution >= 0.6 is 0 Å². The smallest absolute Gasteiger partial charge is 0.387 e.